The predicted octanol–water partition coefficient (Wildman–Crippen LogP) is 1.32. The van der Waals surface area contributed by atoms with Gasteiger partial charge in [0.25, 0.3) is 0 Å². The molecule has 4 heteroatoms. The fourth-order valence-electron chi connectivity index (χ4n) is 0.449. The second-order valence-electron chi connectivity index (χ2n) is 1.48. The summed E-state index contributed by atoms with van der Waals surface area (Å²) < 4.78 is 4.54. The summed E-state index contributed by atoms with van der Waals surface area (Å²) in [6.45, 7) is 2.10. The number of thioether (sulfide) groups is 1. The quantitative estimate of drug-likeness (QED) is 0.641. The van der Waals surface area contributed by atoms with Crippen molar-refractivity contribution in [3.63, 3.8) is 0 Å². The van der Waals surface area contributed by atoms with Crippen molar-refractivity contribution in [2.45, 2.75) is 12.7 Å². The maximum absolute atomic E-state index is 4.54. The third kappa shape index (κ3) is 2.05. The Hall–Kier alpha value is -0.510. The fourth-order valence-corrected chi connectivity index (χ4v) is 0.963. The molecular formula is C5H8N2OS. The van der Waals surface area contributed by atoms with Gasteiger partial charge >= 0.3 is 0 Å². The van der Waals surface area contributed by atoms with Crippen molar-refractivity contribution in [1.29, 1.82) is 0 Å². The minimum Gasteiger partial charge on any atom is -0.343 e. The van der Waals surface area contributed by atoms with E-state index in [-0.39, 0.29) is 0 Å². The van der Waals surface area contributed by atoms with Crippen molar-refractivity contribution in [3.8, 4) is 0 Å². The number of aromatic nitrogens is 2. The van der Waals surface area contributed by atoms with E-state index in [1.165, 1.54) is 6.39 Å². The highest BCUT2D eigenvalue weighted by Crippen LogP contribution is 2.05. The minimum atomic E-state index is 0.779. The molecule has 1 rings (SSSR count). The van der Waals surface area contributed by atoms with Crippen LogP contribution in [-0.4, -0.2) is 15.9 Å². The third-order valence-corrected chi connectivity index (χ3v) is 1.71. The van der Waals surface area contributed by atoms with Gasteiger partial charge in [0.15, 0.2) is 5.82 Å². The van der Waals surface area contributed by atoms with E-state index in [9.17, 15) is 0 Å². The Balaban J connectivity index is 2.30. The lowest BCUT2D eigenvalue weighted by molar-refractivity contribution is 0.412. The molecule has 0 aliphatic heterocycles. The molecule has 0 amide bonds. The van der Waals surface area contributed by atoms with E-state index in [1.54, 1.807) is 11.8 Å². The Kier molecular flexibility index (Phi) is 2.57. The minimum absolute atomic E-state index is 0.779. The molecule has 3 nitrogen and oxygen atoms in total. The van der Waals surface area contributed by atoms with Crippen LogP contribution >= 0.6 is 11.8 Å². The molecular weight excluding hydrogens is 136 g/mol. The molecule has 0 radical (unpaired) electrons. The van der Waals surface area contributed by atoms with Crippen molar-refractivity contribution >= 4 is 11.8 Å². The number of nitrogens with zero attached hydrogens (tertiary/aromatic N) is 2. The maximum Gasteiger partial charge on any atom is 0.213 e. The summed E-state index contributed by atoms with van der Waals surface area (Å²) in [7, 11) is 0. The topological polar surface area (TPSA) is 38.9 Å². The zero-order valence-electron chi connectivity index (χ0n) is 5.20. The Bertz CT molecular complexity index is 152. The van der Waals surface area contributed by atoms with Gasteiger partial charge < -0.3 is 4.52 Å². The molecule has 1 heterocycles. The molecule has 9 heavy (non-hydrogen) atoms. The molecule has 0 saturated heterocycles. The highest BCUT2D eigenvalue weighted by molar-refractivity contribution is 7.98. The van der Waals surface area contributed by atoms with Crippen LogP contribution in [0, 0.1) is 0 Å². The summed E-state index contributed by atoms with van der Waals surface area (Å²) in [5.74, 6) is 2.73. The monoisotopic (exact) mass is 144 g/mol. The lowest BCUT2D eigenvalue weighted by atomic mass is 10.7. The first-order valence-corrected chi connectivity index (χ1v) is 3.92. The van der Waals surface area contributed by atoms with Crippen LogP contribution in [0.5, 0.6) is 0 Å². The number of hydrogen-bond acceptors (Lipinski definition) is 4. The molecule has 0 aliphatic rings. The first kappa shape index (κ1) is 6.61. The first-order valence-electron chi connectivity index (χ1n) is 2.76. The second kappa shape index (κ2) is 3.50. The third-order valence-electron chi connectivity index (χ3n) is 0.842. The van der Waals surface area contributed by atoms with Crippen LogP contribution in [-0.2, 0) is 5.75 Å². The van der Waals surface area contributed by atoms with Gasteiger partial charge in [-0.05, 0) is 5.75 Å². The molecule has 0 unspecified atom stereocenters. The van der Waals surface area contributed by atoms with E-state index in [0.29, 0.717) is 0 Å². The average Bonchev–Trinajstić information content (AvgIpc) is 2.34. The van der Waals surface area contributed by atoms with Crippen molar-refractivity contribution in [2.75, 3.05) is 5.75 Å². The van der Waals surface area contributed by atoms with Crippen LogP contribution in [0.3, 0.4) is 0 Å². The van der Waals surface area contributed by atoms with Crippen LogP contribution < -0.4 is 0 Å². The van der Waals surface area contributed by atoms with Gasteiger partial charge in [0.1, 0.15) is 0 Å². The zero-order valence-corrected chi connectivity index (χ0v) is 6.02. The summed E-state index contributed by atoms with van der Waals surface area (Å²) in [5.41, 5.74) is 0. The van der Waals surface area contributed by atoms with Crippen molar-refractivity contribution in [2.24, 2.45) is 0 Å². The van der Waals surface area contributed by atoms with Gasteiger partial charge in [-0.25, -0.2) is 0 Å². The second-order valence-corrected chi connectivity index (χ2v) is 2.76. The van der Waals surface area contributed by atoms with Crippen molar-refractivity contribution in [1.82, 2.24) is 10.1 Å². The van der Waals surface area contributed by atoms with E-state index in [2.05, 4.69) is 21.6 Å². The largest absolute Gasteiger partial charge is 0.343 e. The molecule has 0 saturated carbocycles. The maximum atomic E-state index is 4.54. The molecule has 0 spiro atoms. The Morgan fingerprint density at radius 2 is 2.67 bits per heavy atom. The fraction of sp³-hybridized carbons (Fsp3) is 0.600. The van der Waals surface area contributed by atoms with Gasteiger partial charge in [-0.1, -0.05) is 12.1 Å². The Labute approximate surface area is 57.8 Å². The summed E-state index contributed by atoms with van der Waals surface area (Å²) >= 11 is 1.78. The molecule has 0 aromatic carbocycles. The SMILES string of the molecule is CCSCc1ncon1. The van der Waals surface area contributed by atoms with Crippen LogP contribution in [0.1, 0.15) is 12.7 Å². The average molecular weight is 144 g/mol. The molecule has 50 valence electrons. The highest BCUT2D eigenvalue weighted by Gasteiger charge is 1.94. The standard InChI is InChI=1S/C5H8N2OS/c1-2-9-3-5-6-4-8-7-5/h4H,2-3H2,1H3. The molecule has 1 aromatic heterocycles. The number of hydrogen-bond donors (Lipinski definition) is 0. The predicted molar refractivity (Wildman–Crippen MR) is 36.1 cm³/mol. The van der Waals surface area contributed by atoms with Crippen LogP contribution in [0.4, 0.5) is 0 Å². The molecule has 0 atom stereocenters. The lowest BCUT2D eigenvalue weighted by Gasteiger charge is -1.87. The van der Waals surface area contributed by atoms with Gasteiger partial charge in [0.2, 0.25) is 6.39 Å². The molecule has 0 bridgehead atoms. The van der Waals surface area contributed by atoms with Crippen molar-refractivity contribution < 1.29 is 4.52 Å². The normalized spacial score (nSPS) is 9.89. The molecule has 0 aliphatic carbocycles. The van der Waals surface area contributed by atoms with Gasteiger partial charge in [-0.3, -0.25) is 0 Å². The Morgan fingerprint density at radius 3 is 3.22 bits per heavy atom. The van der Waals surface area contributed by atoms with E-state index in [1.807, 2.05) is 0 Å². The van der Waals surface area contributed by atoms with Gasteiger partial charge in [-0.15, -0.1) is 0 Å². The molecule has 0 fully saturated rings. The Morgan fingerprint density at radius 1 is 1.78 bits per heavy atom. The summed E-state index contributed by atoms with van der Waals surface area (Å²) in [4.78, 5) is 3.86. The van der Waals surface area contributed by atoms with Gasteiger partial charge in [0.05, 0.1) is 5.75 Å². The van der Waals surface area contributed by atoms with E-state index >= 15 is 0 Å². The summed E-state index contributed by atoms with van der Waals surface area (Å²) in [6, 6.07) is 0. The summed E-state index contributed by atoms with van der Waals surface area (Å²) in [6.07, 6.45) is 1.35. The molecule has 1 aromatic rings. The van der Waals surface area contributed by atoms with Gasteiger partial charge in [-0.2, -0.15) is 16.7 Å². The van der Waals surface area contributed by atoms with Crippen molar-refractivity contribution in [3.05, 3.63) is 12.2 Å². The highest BCUT2D eigenvalue weighted by atomic mass is 32.2. The zero-order chi connectivity index (χ0) is 6.53. The first-order chi connectivity index (χ1) is 4.43. The molecule has 0 N–H and O–H groups in total. The summed E-state index contributed by atoms with van der Waals surface area (Å²) in [5, 5.41) is 3.65. The van der Waals surface area contributed by atoms with E-state index in [4.69, 9.17) is 0 Å². The number of rotatable bonds is 3. The van der Waals surface area contributed by atoms with Crippen LogP contribution in [0.2, 0.25) is 0 Å². The van der Waals surface area contributed by atoms with Crippen LogP contribution in [0.15, 0.2) is 10.9 Å². The van der Waals surface area contributed by atoms with Gasteiger partial charge in [0, 0.05) is 0 Å². The van der Waals surface area contributed by atoms with E-state index < -0.39 is 0 Å². The smallest absolute Gasteiger partial charge is 0.213 e. The lowest BCUT2D eigenvalue weighted by Crippen LogP contribution is -1.82. The van der Waals surface area contributed by atoms with E-state index in [0.717, 1.165) is 17.3 Å². The van der Waals surface area contributed by atoms with Crippen LogP contribution in [0.25, 0.3) is 0 Å².